The van der Waals surface area contributed by atoms with E-state index in [9.17, 15) is 5.21 Å². The Balaban J connectivity index is 1.89. The molecule has 14 heavy (non-hydrogen) atoms. The van der Waals surface area contributed by atoms with Gasteiger partial charge in [-0.05, 0) is 6.92 Å². The Hall–Kier alpha value is -0.940. The highest BCUT2D eigenvalue weighted by Gasteiger charge is 2.49. The van der Waals surface area contributed by atoms with Gasteiger partial charge in [0.15, 0.2) is 5.82 Å². The van der Waals surface area contributed by atoms with Gasteiger partial charge in [-0.3, -0.25) is 0 Å². The molecule has 2 aliphatic rings. The van der Waals surface area contributed by atoms with Crippen molar-refractivity contribution in [2.24, 2.45) is 5.92 Å². The highest BCUT2D eigenvalue weighted by Crippen LogP contribution is 2.43. The van der Waals surface area contributed by atoms with E-state index < -0.39 is 0 Å². The third-order valence-corrected chi connectivity index (χ3v) is 3.43. The number of rotatable bonds is 1. The van der Waals surface area contributed by atoms with Crippen LogP contribution >= 0.6 is 0 Å². The predicted octanol–water partition coefficient (Wildman–Crippen LogP) is 0.810. The summed E-state index contributed by atoms with van der Waals surface area (Å²) in [6.45, 7) is 3.95. The fourth-order valence-electron chi connectivity index (χ4n) is 2.76. The number of aromatic nitrogens is 2. The van der Waals surface area contributed by atoms with Crippen LogP contribution in [0.15, 0.2) is 4.52 Å². The summed E-state index contributed by atoms with van der Waals surface area (Å²) in [6.07, 6.45) is 1.01. The third kappa shape index (κ3) is 1.09. The summed E-state index contributed by atoms with van der Waals surface area (Å²) in [5.74, 6) is 2.01. The zero-order valence-electron chi connectivity index (χ0n) is 8.14. The van der Waals surface area contributed by atoms with Crippen molar-refractivity contribution in [1.82, 2.24) is 10.1 Å². The molecule has 3 rings (SSSR count). The van der Waals surface area contributed by atoms with Gasteiger partial charge in [-0.15, -0.1) is 0 Å². The molecular formula is C9H13N3O2. The van der Waals surface area contributed by atoms with E-state index in [1.54, 1.807) is 0 Å². The molecule has 0 amide bonds. The summed E-state index contributed by atoms with van der Waals surface area (Å²) >= 11 is 0. The SMILES string of the molecule is Cc1noc(C2C[N+]3([O-])CCC2C3)n1. The van der Waals surface area contributed by atoms with E-state index in [1.165, 1.54) is 0 Å². The topological polar surface area (TPSA) is 62.0 Å². The van der Waals surface area contributed by atoms with Gasteiger partial charge in [0, 0.05) is 12.3 Å². The Morgan fingerprint density at radius 3 is 2.86 bits per heavy atom. The highest BCUT2D eigenvalue weighted by molar-refractivity contribution is 5.01. The fourth-order valence-corrected chi connectivity index (χ4v) is 2.76. The maximum Gasteiger partial charge on any atom is 0.235 e. The minimum absolute atomic E-state index is 0.0449. The molecule has 1 aromatic rings. The van der Waals surface area contributed by atoms with Gasteiger partial charge >= 0.3 is 0 Å². The van der Waals surface area contributed by atoms with Crippen LogP contribution in [0.5, 0.6) is 0 Å². The maximum absolute atomic E-state index is 12.0. The van der Waals surface area contributed by atoms with Crippen LogP contribution < -0.4 is 0 Å². The Bertz CT molecular complexity index is 365. The van der Waals surface area contributed by atoms with Gasteiger partial charge in [0.25, 0.3) is 0 Å². The molecule has 5 nitrogen and oxygen atoms in total. The van der Waals surface area contributed by atoms with Gasteiger partial charge in [0.05, 0.1) is 25.6 Å². The highest BCUT2D eigenvalue weighted by atomic mass is 16.5. The molecule has 2 bridgehead atoms. The Morgan fingerprint density at radius 2 is 2.36 bits per heavy atom. The number of hydroxylamine groups is 3. The predicted molar refractivity (Wildman–Crippen MR) is 48.1 cm³/mol. The summed E-state index contributed by atoms with van der Waals surface area (Å²) in [7, 11) is 0. The van der Waals surface area contributed by atoms with Crippen molar-refractivity contribution in [1.29, 1.82) is 0 Å². The Labute approximate surface area is 81.9 Å². The first-order valence-corrected chi connectivity index (χ1v) is 5.04. The largest absolute Gasteiger partial charge is 0.633 e. The smallest absolute Gasteiger partial charge is 0.235 e. The minimum Gasteiger partial charge on any atom is -0.633 e. The molecule has 76 valence electrons. The number of piperidine rings is 1. The molecule has 2 fully saturated rings. The molecule has 0 saturated carbocycles. The second-order valence-electron chi connectivity index (χ2n) is 4.48. The molecule has 3 unspecified atom stereocenters. The van der Waals surface area contributed by atoms with Gasteiger partial charge in [0.2, 0.25) is 5.89 Å². The molecule has 0 N–H and O–H groups in total. The Kier molecular flexibility index (Phi) is 1.52. The molecule has 0 spiro atoms. The van der Waals surface area contributed by atoms with Crippen LogP contribution in [0.1, 0.15) is 24.1 Å². The zero-order valence-corrected chi connectivity index (χ0v) is 8.14. The van der Waals surface area contributed by atoms with E-state index in [1.807, 2.05) is 6.92 Å². The molecule has 3 atom stereocenters. The lowest BCUT2D eigenvalue weighted by Gasteiger charge is -2.36. The summed E-state index contributed by atoms with van der Waals surface area (Å²) in [4.78, 5) is 4.22. The summed E-state index contributed by atoms with van der Waals surface area (Å²) < 4.78 is 5.09. The molecule has 2 aliphatic heterocycles. The number of aryl methyl sites for hydroxylation is 1. The summed E-state index contributed by atoms with van der Waals surface area (Å²) in [5, 5.41) is 15.7. The molecule has 3 heterocycles. The van der Waals surface area contributed by atoms with E-state index in [4.69, 9.17) is 4.52 Å². The zero-order chi connectivity index (χ0) is 9.76. The second kappa shape index (κ2) is 2.55. The van der Waals surface area contributed by atoms with Crippen LogP contribution in [0.4, 0.5) is 0 Å². The van der Waals surface area contributed by atoms with E-state index in [0.717, 1.165) is 19.5 Å². The quantitative estimate of drug-likeness (QED) is 0.491. The molecule has 0 radical (unpaired) electrons. The number of nitrogens with zero attached hydrogens (tertiary/aromatic N) is 3. The molecule has 0 aromatic carbocycles. The third-order valence-electron chi connectivity index (χ3n) is 3.43. The van der Waals surface area contributed by atoms with Crippen molar-refractivity contribution in [2.45, 2.75) is 19.3 Å². The number of hydrogen-bond donors (Lipinski definition) is 0. The monoisotopic (exact) mass is 195 g/mol. The van der Waals surface area contributed by atoms with Crippen LogP contribution in [0.2, 0.25) is 0 Å². The van der Waals surface area contributed by atoms with Crippen molar-refractivity contribution in [3.05, 3.63) is 16.9 Å². The lowest BCUT2D eigenvalue weighted by molar-refractivity contribution is -0.860. The van der Waals surface area contributed by atoms with Gasteiger partial charge in [-0.1, -0.05) is 5.16 Å². The lowest BCUT2D eigenvalue weighted by Crippen LogP contribution is -2.38. The minimum atomic E-state index is -0.0449. The van der Waals surface area contributed by atoms with Crippen LogP contribution in [-0.2, 0) is 0 Å². The lowest BCUT2D eigenvalue weighted by atomic mass is 9.92. The van der Waals surface area contributed by atoms with Gasteiger partial charge in [-0.25, -0.2) is 0 Å². The number of hydrogen-bond acceptors (Lipinski definition) is 4. The maximum atomic E-state index is 12.0. The molecule has 2 saturated heterocycles. The van der Waals surface area contributed by atoms with E-state index in [2.05, 4.69) is 10.1 Å². The van der Waals surface area contributed by atoms with E-state index >= 15 is 0 Å². The van der Waals surface area contributed by atoms with E-state index in [0.29, 0.717) is 24.2 Å². The average molecular weight is 195 g/mol. The van der Waals surface area contributed by atoms with Crippen molar-refractivity contribution < 1.29 is 9.17 Å². The second-order valence-corrected chi connectivity index (χ2v) is 4.48. The van der Waals surface area contributed by atoms with Crippen LogP contribution in [0.25, 0.3) is 0 Å². The first-order valence-electron chi connectivity index (χ1n) is 5.04. The van der Waals surface area contributed by atoms with Crippen LogP contribution in [-0.4, -0.2) is 34.4 Å². The van der Waals surface area contributed by atoms with Gasteiger partial charge in [-0.2, -0.15) is 4.98 Å². The first kappa shape index (κ1) is 8.38. The molecule has 0 aliphatic carbocycles. The van der Waals surface area contributed by atoms with E-state index in [-0.39, 0.29) is 10.6 Å². The Morgan fingerprint density at radius 1 is 1.50 bits per heavy atom. The molecular weight excluding hydrogens is 182 g/mol. The average Bonchev–Trinajstić information content (AvgIpc) is 2.76. The first-order chi connectivity index (χ1) is 6.66. The number of quaternary nitrogens is 1. The van der Waals surface area contributed by atoms with Crippen molar-refractivity contribution in [3.8, 4) is 0 Å². The van der Waals surface area contributed by atoms with Crippen molar-refractivity contribution in [2.75, 3.05) is 19.6 Å². The number of fused-ring (bicyclic) bond motifs is 2. The summed E-state index contributed by atoms with van der Waals surface area (Å²) in [6, 6.07) is 0. The van der Waals surface area contributed by atoms with Crippen molar-refractivity contribution >= 4 is 0 Å². The van der Waals surface area contributed by atoms with Gasteiger partial charge < -0.3 is 14.4 Å². The van der Waals surface area contributed by atoms with Crippen LogP contribution in [0.3, 0.4) is 0 Å². The van der Waals surface area contributed by atoms with Crippen molar-refractivity contribution in [3.63, 3.8) is 0 Å². The van der Waals surface area contributed by atoms with Crippen LogP contribution in [0, 0.1) is 18.0 Å². The fraction of sp³-hybridized carbons (Fsp3) is 0.778. The molecule has 1 aromatic heterocycles. The summed E-state index contributed by atoms with van der Waals surface area (Å²) in [5.41, 5.74) is 0. The standard InChI is InChI=1S/C9H13N3O2/c1-6-10-9(14-11-6)8-5-12(13)3-2-7(8)4-12/h7-8H,2-5H2,1H3. The van der Waals surface area contributed by atoms with Gasteiger partial charge in [0.1, 0.15) is 0 Å². The molecule has 5 heteroatoms. The normalized spacial score (nSPS) is 40.7.